The van der Waals surface area contributed by atoms with Crippen LogP contribution in [0.2, 0.25) is 5.02 Å². The Morgan fingerprint density at radius 3 is 2.56 bits per heavy atom. The predicted molar refractivity (Wildman–Crippen MR) is 125 cm³/mol. The maximum atomic E-state index is 13.0. The SMILES string of the molecule is CCOC(=O)c1c(-c2cc(Cl)cc(C)c2OCc2ccccc2)c(C=O)n2ccccc12. The quantitative estimate of drug-likeness (QED) is 0.252. The van der Waals surface area contributed by atoms with Crippen molar-refractivity contribution in [1.82, 2.24) is 4.40 Å². The molecule has 2 aromatic heterocycles. The van der Waals surface area contributed by atoms with Crippen molar-refractivity contribution in [3.8, 4) is 16.9 Å². The van der Waals surface area contributed by atoms with Crippen molar-refractivity contribution in [3.05, 3.63) is 94.3 Å². The fourth-order valence-corrected chi connectivity index (χ4v) is 4.14. The van der Waals surface area contributed by atoms with Crippen LogP contribution < -0.4 is 4.74 Å². The van der Waals surface area contributed by atoms with Gasteiger partial charge in [0.05, 0.1) is 23.4 Å². The minimum Gasteiger partial charge on any atom is -0.488 e. The number of nitrogens with zero attached hydrogens (tertiary/aromatic N) is 1. The minimum absolute atomic E-state index is 0.213. The summed E-state index contributed by atoms with van der Waals surface area (Å²) < 4.78 is 13.2. The molecule has 0 atom stereocenters. The Hall–Kier alpha value is -3.57. The van der Waals surface area contributed by atoms with Gasteiger partial charge in [-0.05, 0) is 49.2 Å². The Morgan fingerprint density at radius 1 is 1.09 bits per heavy atom. The van der Waals surface area contributed by atoms with Gasteiger partial charge in [-0.25, -0.2) is 4.79 Å². The highest BCUT2D eigenvalue weighted by Crippen LogP contribution is 2.42. The molecular formula is C26H22ClNO4. The summed E-state index contributed by atoms with van der Waals surface area (Å²) in [7, 11) is 0. The third-order valence-electron chi connectivity index (χ3n) is 5.21. The standard InChI is InChI=1S/C26H22ClNO4/c1-3-31-26(30)24-21-11-7-8-12-28(21)22(15-29)23(24)20-14-19(27)13-17(2)25(20)32-16-18-9-5-4-6-10-18/h4-15H,3,16H2,1-2H3. The van der Waals surface area contributed by atoms with Crippen molar-refractivity contribution >= 4 is 29.4 Å². The van der Waals surface area contributed by atoms with Gasteiger partial charge in [0.2, 0.25) is 0 Å². The van der Waals surface area contributed by atoms with Gasteiger partial charge in [-0.15, -0.1) is 0 Å². The number of rotatable bonds is 7. The average molecular weight is 448 g/mol. The number of fused-ring (bicyclic) bond motifs is 1. The maximum Gasteiger partial charge on any atom is 0.340 e. The molecule has 4 rings (SSSR count). The lowest BCUT2D eigenvalue weighted by atomic mass is 9.97. The third-order valence-corrected chi connectivity index (χ3v) is 5.43. The second-order valence-electron chi connectivity index (χ2n) is 7.30. The number of carbonyl (C=O) groups excluding carboxylic acids is 2. The molecule has 2 heterocycles. The van der Waals surface area contributed by atoms with E-state index in [1.165, 1.54) is 0 Å². The van der Waals surface area contributed by atoms with Crippen molar-refractivity contribution in [2.75, 3.05) is 6.61 Å². The van der Waals surface area contributed by atoms with E-state index in [0.29, 0.717) is 45.3 Å². The van der Waals surface area contributed by atoms with E-state index in [-0.39, 0.29) is 6.61 Å². The lowest BCUT2D eigenvalue weighted by Crippen LogP contribution is -2.07. The molecule has 0 N–H and O–H groups in total. The normalized spacial score (nSPS) is 10.8. The molecule has 0 saturated heterocycles. The van der Waals surface area contributed by atoms with Gasteiger partial charge in [-0.1, -0.05) is 48.0 Å². The lowest BCUT2D eigenvalue weighted by Gasteiger charge is -2.16. The summed E-state index contributed by atoms with van der Waals surface area (Å²) in [5.41, 5.74) is 4.02. The maximum absolute atomic E-state index is 13.0. The number of aldehydes is 1. The molecule has 162 valence electrons. The minimum atomic E-state index is -0.508. The van der Waals surface area contributed by atoms with E-state index in [0.717, 1.165) is 17.4 Å². The van der Waals surface area contributed by atoms with Crippen LogP contribution in [0.4, 0.5) is 0 Å². The Morgan fingerprint density at radius 2 is 1.84 bits per heavy atom. The molecule has 32 heavy (non-hydrogen) atoms. The van der Waals surface area contributed by atoms with Crippen LogP contribution in [-0.2, 0) is 11.3 Å². The van der Waals surface area contributed by atoms with Gasteiger partial charge in [-0.3, -0.25) is 4.79 Å². The number of hydrogen-bond donors (Lipinski definition) is 0. The van der Waals surface area contributed by atoms with Gasteiger partial charge in [0.15, 0.2) is 6.29 Å². The summed E-state index contributed by atoms with van der Waals surface area (Å²) in [6.45, 7) is 4.17. The monoisotopic (exact) mass is 447 g/mol. The van der Waals surface area contributed by atoms with Crippen LogP contribution in [0.5, 0.6) is 5.75 Å². The Kier molecular flexibility index (Phi) is 6.28. The Balaban J connectivity index is 1.97. The number of carbonyl (C=O) groups is 2. The zero-order valence-electron chi connectivity index (χ0n) is 17.8. The second-order valence-corrected chi connectivity index (χ2v) is 7.74. The van der Waals surface area contributed by atoms with E-state index in [2.05, 4.69) is 0 Å². The fourth-order valence-electron chi connectivity index (χ4n) is 3.87. The van der Waals surface area contributed by atoms with Crippen molar-refractivity contribution in [2.45, 2.75) is 20.5 Å². The molecule has 0 aliphatic carbocycles. The summed E-state index contributed by atoms with van der Waals surface area (Å²) in [5.74, 6) is 0.0498. The zero-order chi connectivity index (χ0) is 22.7. The van der Waals surface area contributed by atoms with Crippen LogP contribution in [0.15, 0.2) is 66.9 Å². The fraction of sp³-hybridized carbons (Fsp3) is 0.154. The molecule has 6 heteroatoms. The molecule has 0 saturated carbocycles. The molecule has 0 unspecified atom stereocenters. The molecule has 0 amide bonds. The highest BCUT2D eigenvalue weighted by Gasteiger charge is 2.28. The van der Waals surface area contributed by atoms with Gasteiger partial charge in [0, 0.05) is 22.3 Å². The highest BCUT2D eigenvalue weighted by atomic mass is 35.5. The van der Waals surface area contributed by atoms with Crippen LogP contribution in [0, 0.1) is 6.92 Å². The van der Waals surface area contributed by atoms with Gasteiger partial charge < -0.3 is 13.9 Å². The number of benzene rings is 2. The smallest absolute Gasteiger partial charge is 0.340 e. The van der Waals surface area contributed by atoms with Crippen LogP contribution in [0.25, 0.3) is 16.6 Å². The first-order valence-electron chi connectivity index (χ1n) is 10.3. The predicted octanol–water partition coefficient (Wildman–Crippen LogP) is 6.14. The Bertz CT molecular complexity index is 1290. The van der Waals surface area contributed by atoms with E-state index in [1.54, 1.807) is 41.8 Å². The van der Waals surface area contributed by atoms with E-state index in [9.17, 15) is 9.59 Å². The summed E-state index contributed by atoms with van der Waals surface area (Å²) >= 11 is 6.41. The van der Waals surface area contributed by atoms with Crippen LogP contribution in [0.3, 0.4) is 0 Å². The van der Waals surface area contributed by atoms with E-state index in [4.69, 9.17) is 21.1 Å². The van der Waals surface area contributed by atoms with Crippen molar-refractivity contribution in [1.29, 1.82) is 0 Å². The topological polar surface area (TPSA) is 57.0 Å². The van der Waals surface area contributed by atoms with Crippen molar-refractivity contribution in [3.63, 3.8) is 0 Å². The van der Waals surface area contributed by atoms with Gasteiger partial charge in [-0.2, -0.15) is 0 Å². The zero-order valence-corrected chi connectivity index (χ0v) is 18.6. The third kappa shape index (κ3) is 3.99. The molecule has 0 aliphatic rings. The van der Waals surface area contributed by atoms with Crippen LogP contribution in [0.1, 0.15) is 38.9 Å². The largest absolute Gasteiger partial charge is 0.488 e. The van der Waals surface area contributed by atoms with Gasteiger partial charge in [0.1, 0.15) is 12.4 Å². The summed E-state index contributed by atoms with van der Waals surface area (Å²) in [4.78, 5) is 25.2. The summed E-state index contributed by atoms with van der Waals surface area (Å²) in [6.07, 6.45) is 2.48. The number of halogens is 1. The number of pyridine rings is 1. The number of aromatic nitrogens is 1. The van der Waals surface area contributed by atoms with Crippen LogP contribution >= 0.6 is 11.6 Å². The molecule has 0 radical (unpaired) electrons. The summed E-state index contributed by atoms with van der Waals surface area (Å²) in [5, 5.41) is 0.478. The molecule has 2 aromatic carbocycles. The number of hydrogen-bond acceptors (Lipinski definition) is 4. The molecule has 0 spiro atoms. The average Bonchev–Trinajstić information content (AvgIpc) is 3.13. The molecule has 0 bridgehead atoms. The second kappa shape index (κ2) is 9.28. The van der Waals surface area contributed by atoms with E-state index in [1.807, 2.05) is 43.3 Å². The van der Waals surface area contributed by atoms with Gasteiger partial charge in [0.25, 0.3) is 0 Å². The molecule has 0 aliphatic heterocycles. The van der Waals surface area contributed by atoms with E-state index >= 15 is 0 Å². The van der Waals surface area contributed by atoms with Gasteiger partial charge >= 0.3 is 5.97 Å². The number of esters is 1. The molecule has 5 nitrogen and oxygen atoms in total. The first-order chi connectivity index (χ1) is 15.5. The molecule has 4 aromatic rings. The number of aryl methyl sites for hydroxylation is 1. The lowest BCUT2D eigenvalue weighted by molar-refractivity contribution is 0.0529. The Labute approximate surface area is 191 Å². The van der Waals surface area contributed by atoms with Crippen molar-refractivity contribution < 1.29 is 19.1 Å². The first kappa shape index (κ1) is 21.7. The van der Waals surface area contributed by atoms with Crippen LogP contribution in [-0.4, -0.2) is 23.3 Å². The first-order valence-corrected chi connectivity index (χ1v) is 10.7. The van der Waals surface area contributed by atoms with Crippen molar-refractivity contribution in [2.24, 2.45) is 0 Å². The molecular weight excluding hydrogens is 426 g/mol. The number of ether oxygens (including phenoxy) is 2. The summed E-state index contributed by atoms with van der Waals surface area (Å²) in [6, 6.07) is 18.7. The van der Waals surface area contributed by atoms with E-state index < -0.39 is 5.97 Å². The highest BCUT2D eigenvalue weighted by molar-refractivity contribution is 6.31. The molecule has 0 fully saturated rings.